The van der Waals surface area contributed by atoms with Gasteiger partial charge in [0, 0.05) is 45.1 Å². The lowest BCUT2D eigenvalue weighted by molar-refractivity contribution is 0.222. The topological polar surface area (TPSA) is 65.4 Å². The molecule has 1 N–H and O–H groups in total. The molecule has 0 unspecified atom stereocenters. The van der Waals surface area contributed by atoms with Crippen molar-refractivity contribution in [1.29, 1.82) is 0 Å². The molecule has 2 aromatic heterocycles. The molecule has 1 aliphatic heterocycles. The van der Waals surface area contributed by atoms with Crippen molar-refractivity contribution in [2.45, 2.75) is 53.1 Å². The molecule has 25 heavy (non-hydrogen) atoms. The third-order valence-electron chi connectivity index (χ3n) is 4.79. The van der Waals surface area contributed by atoms with Crippen molar-refractivity contribution in [3.05, 3.63) is 45.3 Å². The van der Waals surface area contributed by atoms with Gasteiger partial charge in [0.1, 0.15) is 11.6 Å². The second-order valence-corrected chi connectivity index (χ2v) is 6.56. The smallest absolute Gasteiger partial charge is 0.255 e. The Morgan fingerprint density at radius 3 is 2.80 bits per heavy atom. The highest BCUT2D eigenvalue weighted by Crippen LogP contribution is 2.22. The lowest BCUT2D eigenvalue weighted by Crippen LogP contribution is -2.35. The van der Waals surface area contributed by atoms with Crippen LogP contribution in [0.3, 0.4) is 0 Å². The van der Waals surface area contributed by atoms with E-state index in [-0.39, 0.29) is 5.56 Å². The zero-order chi connectivity index (χ0) is 17.8. The molecular formula is C19H28N4O2. The van der Waals surface area contributed by atoms with E-state index in [1.165, 1.54) is 0 Å². The Bertz CT molecular complexity index is 761. The maximum atomic E-state index is 12.4. The van der Waals surface area contributed by atoms with E-state index in [0.29, 0.717) is 6.54 Å². The summed E-state index contributed by atoms with van der Waals surface area (Å²) in [6, 6.07) is 4.07. The molecule has 3 rings (SSSR count). The molecule has 0 radical (unpaired) electrons. The SMILES string of the molecule is CCCc1nc2c(c(=O)[nH]1)CN(Cc1ccc(N(CC)CC)o1)CC2. The van der Waals surface area contributed by atoms with Gasteiger partial charge in [-0.2, -0.15) is 0 Å². The highest BCUT2D eigenvalue weighted by atomic mass is 16.4. The van der Waals surface area contributed by atoms with Gasteiger partial charge in [-0.1, -0.05) is 6.92 Å². The number of hydrogen-bond donors (Lipinski definition) is 1. The van der Waals surface area contributed by atoms with E-state index in [4.69, 9.17) is 4.42 Å². The number of anilines is 1. The first-order chi connectivity index (χ1) is 12.1. The summed E-state index contributed by atoms with van der Waals surface area (Å²) in [7, 11) is 0. The largest absolute Gasteiger partial charge is 0.444 e. The molecule has 6 nitrogen and oxygen atoms in total. The number of rotatable bonds is 7. The van der Waals surface area contributed by atoms with E-state index in [1.807, 2.05) is 12.1 Å². The Morgan fingerprint density at radius 2 is 2.08 bits per heavy atom. The van der Waals surface area contributed by atoms with Crippen LogP contribution in [0, 0.1) is 0 Å². The molecule has 6 heteroatoms. The van der Waals surface area contributed by atoms with Gasteiger partial charge in [-0.25, -0.2) is 4.98 Å². The van der Waals surface area contributed by atoms with Crippen molar-refractivity contribution < 1.29 is 4.42 Å². The minimum Gasteiger partial charge on any atom is -0.444 e. The van der Waals surface area contributed by atoms with Gasteiger partial charge >= 0.3 is 0 Å². The van der Waals surface area contributed by atoms with Crippen molar-refractivity contribution >= 4 is 5.88 Å². The van der Waals surface area contributed by atoms with Gasteiger partial charge in [-0.05, 0) is 26.3 Å². The first-order valence-corrected chi connectivity index (χ1v) is 9.31. The lowest BCUT2D eigenvalue weighted by Gasteiger charge is -2.27. The monoisotopic (exact) mass is 344 g/mol. The fourth-order valence-corrected chi connectivity index (χ4v) is 3.40. The molecule has 0 fully saturated rings. The minimum absolute atomic E-state index is 0.0152. The van der Waals surface area contributed by atoms with E-state index < -0.39 is 0 Å². The van der Waals surface area contributed by atoms with Crippen LogP contribution in [0.25, 0.3) is 0 Å². The summed E-state index contributed by atoms with van der Waals surface area (Å²) in [4.78, 5) is 24.4. The Morgan fingerprint density at radius 1 is 1.28 bits per heavy atom. The summed E-state index contributed by atoms with van der Waals surface area (Å²) in [5, 5.41) is 0. The van der Waals surface area contributed by atoms with Crippen LogP contribution in [0.1, 0.15) is 50.0 Å². The van der Waals surface area contributed by atoms with E-state index in [2.05, 4.69) is 40.5 Å². The van der Waals surface area contributed by atoms with Gasteiger partial charge in [0.15, 0.2) is 5.88 Å². The fraction of sp³-hybridized carbons (Fsp3) is 0.579. The van der Waals surface area contributed by atoms with E-state index in [9.17, 15) is 4.79 Å². The third-order valence-corrected chi connectivity index (χ3v) is 4.79. The number of aromatic amines is 1. The third kappa shape index (κ3) is 3.95. The molecule has 0 saturated carbocycles. The van der Waals surface area contributed by atoms with Gasteiger partial charge in [-0.15, -0.1) is 0 Å². The average molecular weight is 344 g/mol. The van der Waals surface area contributed by atoms with E-state index in [0.717, 1.165) is 74.2 Å². The minimum atomic E-state index is 0.0152. The maximum absolute atomic E-state index is 12.4. The van der Waals surface area contributed by atoms with Gasteiger partial charge < -0.3 is 14.3 Å². The number of aromatic nitrogens is 2. The normalized spacial score (nSPS) is 14.5. The number of H-pyrrole nitrogens is 1. The first kappa shape index (κ1) is 17.7. The van der Waals surface area contributed by atoms with Crippen LogP contribution < -0.4 is 10.5 Å². The molecule has 1 aliphatic rings. The van der Waals surface area contributed by atoms with Crippen molar-refractivity contribution in [1.82, 2.24) is 14.9 Å². The van der Waals surface area contributed by atoms with Crippen molar-refractivity contribution in [3.8, 4) is 0 Å². The first-order valence-electron chi connectivity index (χ1n) is 9.31. The lowest BCUT2D eigenvalue weighted by atomic mass is 10.1. The number of hydrogen-bond acceptors (Lipinski definition) is 5. The maximum Gasteiger partial charge on any atom is 0.255 e. The molecule has 0 aromatic carbocycles. The molecule has 136 valence electrons. The average Bonchev–Trinajstić information content (AvgIpc) is 3.05. The summed E-state index contributed by atoms with van der Waals surface area (Å²) < 4.78 is 5.98. The number of aryl methyl sites for hydroxylation is 1. The zero-order valence-electron chi connectivity index (χ0n) is 15.5. The molecule has 0 spiro atoms. The Hall–Kier alpha value is -2.08. The Kier molecular flexibility index (Phi) is 5.58. The van der Waals surface area contributed by atoms with Crippen LogP contribution in [0.2, 0.25) is 0 Å². The molecule has 2 aromatic rings. The van der Waals surface area contributed by atoms with Gasteiger partial charge in [0.2, 0.25) is 0 Å². The van der Waals surface area contributed by atoms with Crippen LogP contribution in [0.15, 0.2) is 21.3 Å². The zero-order valence-corrected chi connectivity index (χ0v) is 15.5. The number of furan rings is 1. The van der Waals surface area contributed by atoms with Crippen LogP contribution >= 0.6 is 0 Å². The summed E-state index contributed by atoms with van der Waals surface area (Å²) in [6.45, 7) is 10.5. The van der Waals surface area contributed by atoms with Crippen LogP contribution in [0.5, 0.6) is 0 Å². The molecule has 0 amide bonds. The molecular weight excluding hydrogens is 316 g/mol. The van der Waals surface area contributed by atoms with Gasteiger partial charge in [0.25, 0.3) is 5.56 Å². The standard InChI is InChI=1S/C19H28N4O2/c1-4-7-17-20-16-10-11-22(13-15(16)19(24)21-17)12-14-8-9-18(25-14)23(5-2)6-3/h8-9H,4-7,10-13H2,1-3H3,(H,20,21,24). The van der Waals surface area contributed by atoms with Crippen molar-refractivity contribution in [3.63, 3.8) is 0 Å². The fourth-order valence-electron chi connectivity index (χ4n) is 3.40. The molecule has 0 bridgehead atoms. The molecule has 0 aliphatic carbocycles. The van der Waals surface area contributed by atoms with E-state index >= 15 is 0 Å². The Labute approximate surface area is 148 Å². The summed E-state index contributed by atoms with van der Waals surface area (Å²) >= 11 is 0. The summed E-state index contributed by atoms with van der Waals surface area (Å²) in [6.07, 6.45) is 2.63. The summed E-state index contributed by atoms with van der Waals surface area (Å²) in [5.41, 5.74) is 1.79. The highest BCUT2D eigenvalue weighted by molar-refractivity contribution is 5.36. The van der Waals surface area contributed by atoms with Gasteiger partial charge in [0.05, 0.1) is 17.8 Å². The Balaban J connectivity index is 1.70. The van der Waals surface area contributed by atoms with Crippen LogP contribution in [-0.2, 0) is 25.9 Å². The molecule has 0 atom stereocenters. The molecule has 0 saturated heterocycles. The second-order valence-electron chi connectivity index (χ2n) is 6.56. The molecule has 3 heterocycles. The van der Waals surface area contributed by atoms with Gasteiger partial charge in [-0.3, -0.25) is 9.69 Å². The second kappa shape index (κ2) is 7.87. The summed E-state index contributed by atoms with van der Waals surface area (Å²) in [5.74, 6) is 2.67. The number of fused-ring (bicyclic) bond motifs is 1. The predicted molar refractivity (Wildman–Crippen MR) is 98.9 cm³/mol. The number of nitrogens with one attached hydrogen (secondary N) is 1. The van der Waals surface area contributed by atoms with Crippen LogP contribution in [-0.4, -0.2) is 34.5 Å². The number of nitrogens with zero attached hydrogens (tertiary/aromatic N) is 3. The predicted octanol–water partition coefficient (Wildman–Crippen LogP) is 2.72. The van der Waals surface area contributed by atoms with E-state index in [1.54, 1.807) is 0 Å². The van der Waals surface area contributed by atoms with Crippen LogP contribution in [0.4, 0.5) is 5.88 Å². The quantitative estimate of drug-likeness (QED) is 0.837. The van der Waals surface area contributed by atoms with Crippen molar-refractivity contribution in [2.24, 2.45) is 0 Å². The highest BCUT2D eigenvalue weighted by Gasteiger charge is 2.22. The van der Waals surface area contributed by atoms with Crippen molar-refractivity contribution in [2.75, 3.05) is 24.5 Å².